The van der Waals surface area contributed by atoms with E-state index in [1.807, 2.05) is 48.7 Å². The highest BCUT2D eigenvalue weighted by atomic mass is 16.3. The van der Waals surface area contributed by atoms with Gasteiger partial charge >= 0.3 is 0 Å². The fourth-order valence-corrected chi connectivity index (χ4v) is 5.51. The third-order valence-electron chi connectivity index (χ3n) is 7.77. The van der Waals surface area contributed by atoms with Gasteiger partial charge in [0.2, 0.25) is 5.91 Å². The number of carbonyl (C=O) groups is 2. The Morgan fingerprint density at radius 1 is 1.19 bits per heavy atom. The Morgan fingerprint density at radius 2 is 1.97 bits per heavy atom. The van der Waals surface area contributed by atoms with Gasteiger partial charge in [0, 0.05) is 23.9 Å². The predicted octanol–water partition coefficient (Wildman–Crippen LogP) is 4.90. The van der Waals surface area contributed by atoms with E-state index in [0.29, 0.717) is 29.7 Å². The number of hydrogen-bond donors (Lipinski definition) is 1. The van der Waals surface area contributed by atoms with Crippen LogP contribution in [0.5, 0.6) is 0 Å². The molecule has 0 spiro atoms. The Balaban J connectivity index is 1.60. The molecule has 1 N–H and O–H groups in total. The molecular weight excluding hydrogens is 402 g/mol. The largest absolute Gasteiger partial charge is 0.463 e. The SMILES string of the molecule is Cc1ccccc1N1C(=O)c2cc3occc3n2C[C@]1(C)C(=O)N[C@@H]1CCC[C@@H](C)[C@@H]1C. The second kappa shape index (κ2) is 7.54. The fraction of sp³-hybridized carbons (Fsp3) is 0.462. The van der Waals surface area contributed by atoms with Crippen molar-refractivity contribution in [2.75, 3.05) is 4.90 Å². The van der Waals surface area contributed by atoms with Crippen molar-refractivity contribution >= 4 is 28.6 Å². The number of furan rings is 1. The number of hydrogen-bond acceptors (Lipinski definition) is 3. The van der Waals surface area contributed by atoms with Crippen molar-refractivity contribution in [2.24, 2.45) is 11.8 Å². The molecule has 0 bridgehead atoms. The van der Waals surface area contributed by atoms with Crippen LogP contribution in [-0.4, -0.2) is 28.0 Å². The van der Waals surface area contributed by atoms with Gasteiger partial charge in [-0.15, -0.1) is 0 Å². The Labute approximate surface area is 188 Å². The zero-order valence-electron chi connectivity index (χ0n) is 19.2. The molecule has 1 fully saturated rings. The summed E-state index contributed by atoms with van der Waals surface area (Å²) in [7, 11) is 0. The number of anilines is 1. The quantitative estimate of drug-likeness (QED) is 0.639. The van der Waals surface area contributed by atoms with Crippen LogP contribution in [0.25, 0.3) is 11.1 Å². The van der Waals surface area contributed by atoms with E-state index < -0.39 is 5.54 Å². The number of aromatic nitrogens is 1. The van der Waals surface area contributed by atoms with Gasteiger partial charge in [0.15, 0.2) is 5.58 Å². The van der Waals surface area contributed by atoms with Crippen LogP contribution in [0.4, 0.5) is 5.69 Å². The van der Waals surface area contributed by atoms with Crippen molar-refractivity contribution in [3.05, 3.63) is 53.9 Å². The molecule has 3 aromatic rings. The van der Waals surface area contributed by atoms with E-state index in [9.17, 15) is 9.59 Å². The first-order chi connectivity index (χ1) is 15.3. The summed E-state index contributed by atoms with van der Waals surface area (Å²) in [5, 5.41) is 3.34. The molecule has 5 rings (SSSR count). The van der Waals surface area contributed by atoms with Crippen LogP contribution in [-0.2, 0) is 11.3 Å². The van der Waals surface area contributed by atoms with Crippen LogP contribution in [0, 0.1) is 18.8 Å². The van der Waals surface area contributed by atoms with Crippen molar-refractivity contribution in [3.63, 3.8) is 0 Å². The molecule has 2 aliphatic rings. The van der Waals surface area contributed by atoms with E-state index in [2.05, 4.69) is 19.2 Å². The monoisotopic (exact) mass is 433 g/mol. The molecule has 6 heteroatoms. The molecule has 0 radical (unpaired) electrons. The predicted molar refractivity (Wildman–Crippen MR) is 125 cm³/mol. The van der Waals surface area contributed by atoms with Gasteiger partial charge in [-0.05, 0) is 43.7 Å². The molecule has 1 saturated carbocycles. The minimum Gasteiger partial charge on any atom is -0.463 e. The summed E-state index contributed by atoms with van der Waals surface area (Å²) >= 11 is 0. The molecule has 0 unspecified atom stereocenters. The highest BCUT2D eigenvalue weighted by Gasteiger charge is 2.50. The topological polar surface area (TPSA) is 67.5 Å². The number of carbonyl (C=O) groups excluding carboxylic acids is 2. The van der Waals surface area contributed by atoms with Crippen LogP contribution in [0.1, 0.15) is 56.1 Å². The number of nitrogens with one attached hydrogen (secondary N) is 1. The lowest BCUT2D eigenvalue weighted by Crippen LogP contribution is -2.66. The lowest BCUT2D eigenvalue weighted by molar-refractivity contribution is -0.128. The Morgan fingerprint density at radius 3 is 2.75 bits per heavy atom. The summed E-state index contributed by atoms with van der Waals surface area (Å²) in [5.41, 5.74) is 2.72. The number of amides is 2. The first kappa shape index (κ1) is 20.9. The van der Waals surface area contributed by atoms with Crippen molar-refractivity contribution < 1.29 is 14.0 Å². The zero-order chi connectivity index (χ0) is 22.6. The maximum absolute atomic E-state index is 13.9. The summed E-state index contributed by atoms with van der Waals surface area (Å²) in [4.78, 5) is 29.5. The van der Waals surface area contributed by atoms with Crippen molar-refractivity contribution in [3.8, 4) is 0 Å². The summed E-state index contributed by atoms with van der Waals surface area (Å²) in [6, 6.07) is 11.5. The first-order valence-electron chi connectivity index (χ1n) is 11.6. The normalized spacial score (nSPS) is 28.1. The summed E-state index contributed by atoms with van der Waals surface area (Å²) in [6.45, 7) is 8.72. The van der Waals surface area contributed by atoms with E-state index in [1.54, 1.807) is 17.2 Å². The lowest BCUT2D eigenvalue weighted by Gasteiger charge is -2.46. The second-order valence-electron chi connectivity index (χ2n) is 9.83. The van der Waals surface area contributed by atoms with Crippen molar-refractivity contribution in [2.45, 2.75) is 65.1 Å². The lowest BCUT2D eigenvalue weighted by atomic mass is 9.77. The highest BCUT2D eigenvalue weighted by molar-refractivity contribution is 6.14. The van der Waals surface area contributed by atoms with Crippen molar-refractivity contribution in [1.82, 2.24) is 9.88 Å². The highest BCUT2D eigenvalue weighted by Crippen LogP contribution is 2.38. The smallest absolute Gasteiger partial charge is 0.276 e. The molecule has 32 heavy (non-hydrogen) atoms. The Bertz CT molecular complexity index is 1190. The van der Waals surface area contributed by atoms with Gasteiger partial charge < -0.3 is 14.3 Å². The van der Waals surface area contributed by atoms with Gasteiger partial charge in [0.25, 0.3) is 5.91 Å². The maximum atomic E-state index is 13.9. The zero-order valence-corrected chi connectivity index (χ0v) is 19.2. The van der Waals surface area contributed by atoms with Crippen molar-refractivity contribution in [1.29, 1.82) is 0 Å². The fourth-order valence-electron chi connectivity index (χ4n) is 5.51. The summed E-state index contributed by atoms with van der Waals surface area (Å²) in [5.74, 6) is 0.699. The van der Waals surface area contributed by atoms with Crippen LogP contribution >= 0.6 is 0 Å². The molecule has 2 amide bonds. The standard InChI is InChI=1S/C26H31N3O3/c1-16-9-7-10-19(18(16)3)27-25(31)26(4)15-28-21-12-13-32-23(21)14-22(28)24(30)29(26)20-11-6-5-8-17(20)2/h5-6,8,11-14,16,18-19H,7,9-10,15H2,1-4H3,(H,27,31)/t16-,18+,19-,26-/m1/s1. The molecule has 2 aromatic heterocycles. The Kier molecular flexibility index (Phi) is 4.91. The minimum absolute atomic E-state index is 0.101. The molecule has 0 saturated heterocycles. The van der Waals surface area contributed by atoms with Gasteiger partial charge in [0.1, 0.15) is 11.2 Å². The molecule has 1 aromatic carbocycles. The second-order valence-corrected chi connectivity index (χ2v) is 9.83. The molecular formula is C26H31N3O3. The third kappa shape index (κ3) is 3.07. The van der Waals surface area contributed by atoms with Crippen LogP contribution in [0.15, 0.2) is 47.1 Å². The van der Waals surface area contributed by atoms with Gasteiger partial charge in [-0.1, -0.05) is 44.9 Å². The number of nitrogens with zero attached hydrogens (tertiary/aromatic N) is 2. The average molecular weight is 434 g/mol. The van der Waals surface area contributed by atoms with Gasteiger partial charge in [-0.25, -0.2) is 0 Å². The molecule has 1 aliphatic heterocycles. The first-order valence-corrected chi connectivity index (χ1v) is 11.6. The third-order valence-corrected chi connectivity index (χ3v) is 7.77. The van der Waals surface area contributed by atoms with Crippen LogP contribution < -0.4 is 10.2 Å². The Hall–Kier alpha value is -3.02. The minimum atomic E-state index is -1.07. The number of aryl methyl sites for hydroxylation is 1. The van der Waals surface area contributed by atoms with Gasteiger partial charge in [0.05, 0.1) is 18.3 Å². The number of benzene rings is 1. The number of para-hydroxylation sites is 1. The van der Waals surface area contributed by atoms with E-state index in [1.165, 1.54) is 6.42 Å². The number of rotatable bonds is 3. The van der Waals surface area contributed by atoms with E-state index in [4.69, 9.17) is 4.42 Å². The van der Waals surface area contributed by atoms with E-state index in [0.717, 1.165) is 29.6 Å². The van der Waals surface area contributed by atoms with Crippen LogP contribution in [0.2, 0.25) is 0 Å². The van der Waals surface area contributed by atoms with Gasteiger partial charge in [-0.3, -0.25) is 14.5 Å². The molecule has 6 nitrogen and oxygen atoms in total. The summed E-state index contributed by atoms with van der Waals surface area (Å²) in [6.07, 6.45) is 4.92. The maximum Gasteiger partial charge on any atom is 0.276 e. The molecule has 168 valence electrons. The van der Waals surface area contributed by atoms with Crippen LogP contribution in [0.3, 0.4) is 0 Å². The average Bonchev–Trinajstić information content (AvgIpc) is 3.35. The number of fused-ring (bicyclic) bond motifs is 3. The molecule has 4 atom stereocenters. The van der Waals surface area contributed by atoms with E-state index >= 15 is 0 Å². The summed E-state index contributed by atoms with van der Waals surface area (Å²) < 4.78 is 7.50. The molecule has 1 aliphatic carbocycles. The molecule has 3 heterocycles. The van der Waals surface area contributed by atoms with E-state index in [-0.39, 0.29) is 17.9 Å². The van der Waals surface area contributed by atoms with Gasteiger partial charge in [-0.2, -0.15) is 0 Å².